The number of carbonyl (C=O) groups is 2. The zero-order valence-electron chi connectivity index (χ0n) is 12.8. The highest BCUT2D eigenvalue weighted by atomic mass is 35.5. The summed E-state index contributed by atoms with van der Waals surface area (Å²) in [6.07, 6.45) is 1.88. The van der Waals surface area contributed by atoms with Crippen molar-refractivity contribution in [3.8, 4) is 0 Å². The molecule has 0 fully saturated rings. The number of imide groups is 1. The van der Waals surface area contributed by atoms with E-state index in [1.807, 2.05) is 20.0 Å². The van der Waals surface area contributed by atoms with Crippen molar-refractivity contribution in [1.82, 2.24) is 10.6 Å². The maximum absolute atomic E-state index is 11.8. The van der Waals surface area contributed by atoms with Gasteiger partial charge in [0.15, 0.2) is 6.54 Å². The Balaban J connectivity index is 2.37. The molecule has 22 heavy (non-hydrogen) atoms. The van der Waals surface area contributed by atoms with Gasteiger partial charge >= 0.3 is 6.03 Å². The minimum absolute atomic E-state index is 0.196. The van der Waals surface area contributed by atoms with E-state index >= 15 is 0 Å². The number of halogens is 2. The summed E-state index contributed by atoms with van der Waals surface area (Å²) in [5.74, 6) is -0.313. The van der Waals surface area contributed by atoms with Gasteiger partial charge in [0, 0.05) is 12.1 Å². The maximum Gasteiger partial charge on any atom is 0.321 e. The highest BCUT2D eigenvalue weighted by Gasteiger charge is 2.13. The molecule has 1 rings (SSSR count). The molecule has 3 amide bonds. The molecule has 0 bridgehead atoms. The van der Waals surface area contributed by atoms with Crippen molar-refractivity contribution in [1.29, 1.82) is 0 Å². The van der Waals surface area contributed by atoms with Crippen LogP contribution in [0, 0.1) is 0 Å². The summed E-state index contributed by atoms with van der Waals surface area (Å²) >= 11 is 11.8. The topological polar surface area (TPSA) is 62.6 Å². The van der Waals surface area contributed by atoms with E-state index in [1.165, 1.54) is 0 Å². The van der Waals surface area contributed by atoms with E-state index in [1.54, 1.807) is 12.1 Å². The molecule has 0 saturated heterocycles. The molecule has 1 aromatic carbocycles. The predicted molar refractivity (Wildman–Crippen MR) is 88.4 cm³/mol. The van der Waals surface area contributed by atoms with Crippen LogP contribution in [0.1, 0.15) is 25.3 Å². The van der Waals surface area contributed by atoms with Crippen molar-refractivity contribution in [3.05, 3.63) is 33.8 Å². The van der Waals surface area contributed by atoms with Gasteiger partial charge in [-0.25, -0.2) is 4.79 Å². The fourth-order valence-corrected chi connectivity index (χ4v) is 2.25. The van der Waals surface area contributed by atoms with E-state index in [-0.39, 0.29) is 12.5 Å². The lowest BCUT2D eigenvalue weighted by Gasteiger charge is -2.14. The number of unbranched alkanes of at least 4 members (excludes halogenated alkanes) is 1. The Morgan fingerprint density at radius 1 is 1.23 bits per heavy atom. The van der Waals surface area contributed by atoms with E-state index in [9.17, 15) is 9.59 Å². The van der Waals surface area contributed by atoms with Crippen LogP contribution < -0.4 is 15.5 Å². The molecule has 0 aliphatic rings. The first kappa shape index (κ1) is 18.7. The Morgan fingerprint density at radius 3 is 2.59 bits per heavy atom. The number of likely N-dealkylation sites (N-methyl/N-ethyl adjacent to an activating group) is 1. The molecule has 7 heteroatoms. The van der Waals surface area contributed by atoms with Crippen LogP contribution in [0.3, 0.4) is 0 Å². The van der Waals surface area contributed by atoms with Gasteiger partial charge in [0.25, 0.3) is 5.91 Å². The van der Waals surface area contributed by atoms with Crippen molar-refractivity contribution in [3.63, 3.8) is 0 Å². The average molecular weight is 347 g/mol. The molecule has 122 valence electrons. The average Bonchev–Trinajstić information content (AvgIpc) is 2.42. The van der Waals surface area contributed by atoms with Crippen molar-refractivity contribution in [2.45, 2.75) is 26.3 Å². The molecule has 0 radical (unpaired) electrons. The van der Waals surface area contributed by atoms with Crippen molar-refractivity contribution < 1.29 is 14.5 Å². The van der Waals surface area contributed by atoms with Crippen LogP contribution in [0.5, 0.6) is 0 Å². The molecule has 1 aromatic rings. The SMILES string of the molecule is CCCCNC(=O)NC(=O)C[NH+](C)Cc1ccc(Cl)c(Cl)c1. The quantitative estimate of drug-likeness (QED) is 0.657. The third-order valence-electron chi connectivity index (χ3n) is 3.02. The molecule has 5 nitrogen and oxygen atoms in total. The van der Waals surface area contributed by atoms with Crippen molar-refractivity contribution >= 4 is 35.1 Å². The minimum atomic E-state index is -0.444. The predicted octanol–water partition coefficient (Wildman–Crippen LogP) is 1.63. The normalized spacial score (nSPS) is 11.8. The zero-order chi connectivity index (χ0) is 16.5. The van der Waals surface area contributed by atoms with E-state index in [0.717, 1.165) is 23.3 Å². The lowest BCUT2D eigenvalue weighted by molar-refractivity contribution is -0.885. The van der Waals surface area contributed by atoms with Crippen LogP contribution in [0.2, 0.25) is 10.0 Å². The van der Waals surface area contributed by atoms with Crippen molar-refractivity contribution in [2.75, 3.05) is 20.1 Å². The smallest absolute Gasteiger partial charge is 0.321 e. The molecule has 0 saturated carbocycles. The van der Waals surface area contributed by atoms with Crippen LogP contribution in [0.15, 0.2) is 18.2 Å². The summed E-state index contributed by atoms with van der Waals surface area (Å²) in [6.45, 7) is 3.41. The summed E-state index contributed by atoms with van der Waals surface area (Å²) in [4.78, 5) is 24.2. The van der Waals surface area contributed by atoms with Gasteiger partial charge in [-0.3, -0.25) is 10.1 Å². The summed E-state index contributed by atoms with van der Waals surface area (Å²) in [7, 11) is 1.87. The second-order valence-electron chi connectivity index (χ2n) is 5.22. The number of amides is 3. The van der Waals surface area contributed by atoms with Crippen LogP contribution in [0.25, 0.3) is 0 Å². The molecule has 3 N–H and O–H groups in total. The molecule has 0 heterocycles. The number of hydrogen-bond acceptors (Lipinski definition) is 2. The first-order chi connectivity index (χ1) is 10.4. The molecular weight excluding hydrogens is 325 g/mol. The number of quaternary nitrogens is 1. The number of rotatable bonds is 7. The van der Waals surface area contributed by atoms with E-state index in [2.05, 4.69) is 10.6 Å². The van der Waals surface area contributed by atoms with Gasteiger partial charge in [-0.05, 0) is 18.6 Å². The Labute approximate surface area is 141 Å². The number of hydrogen-bond donors (Lipinski definition) is 3. The molecule has 1 atom stereocenters. The first-order valence-electron chi connectivity index (χ1n) is 7.25. The lowest BCUT2D eigenvalue weighted by Crippen LogP contribution is -3.09. The van der Waals surface area contributed by atoms with Gasteiger partial charge in [-0.2, -0.15) is 0 Å². The Morgan fingerprint density at radius 2 is 1.95 bits per heavy atom. The van der Waals surface area contributed by atoms with Gasteiger partial charge in [0.1, 0.15) is 6.54 Å². The molecule has 0 aromatic heterocycles. The number of urea groups is 1. The van der Waals surface area contributed by atoms with E-state index < -0.39 is 6.03 Å². The van der Waals surface area contributed by atoms with Gasteiger partial charge in [-0.15, -0.1) is 0 Å². The van der Waals surface area contributed by atoms with Crippen LogP contribution in [-0.4, -0.2) is 32.1 Å². The highest BCUT2D eigenvalue weighted by Crippen LogP contribution is 2.22. The van der Waals surface area contributed by atoms with E-state index in [0.29, 0.717) is 23.1 Å². The summed E-state index contributed by atoms with van der Waals surface area (Å²) in [5.41, 5.74) is 0.979. The Bertz CT molecular complexity index is 524. The van der Waals surface area contributed by atoms with Crippen LogP contribution in [-0.2, 0) is 11.3 Å². The third kappa shape index (κ3) is 7.11. The second-order valence-corrected chi connectivity index (χ2v) is 6.03. The van der Waals surface area contributed by atoms with Crippen LogP contribution in [0.4, 0.5) is 4.79 Å². The molecular formula is C15H22Cl2N3O2+. The second kappa shape index (κ2) is 9.66. The van der Waals surface area contributed by atoms with Gasteiger partial charge < -0.3 is 10.2 Å². The maximum atomic E-state index is 11.8. The number of benzene rings is 1. The van der Waals surface area contributed by atoms with Gasteiger partial charge in [0.05, 0.1) is 17.1 Å². The molecule has 0 spiro atoms. The third-order valence-corrected chi connectivity index (χ3v) is 3.76. The summed E-state index contributed by atoms with van der Waals surface area (Å²) in [6, 6.07) is 4.93. The monoisotopic (exact) mass is 346 g/mol. The lowest BCUT2D eigenvalue weighted by atomic mass is 10.2. The fraction of sp³-hybridized carbons (Fsp3) is 0.467. The number of nitrogens with one attached hydrogen (secondary N) is 3. The summed E-state index contributed by atoms with van der Waals surface area (Å²) in [5, 5.41) is 5.95. The van der Waals surface area contributed by atoms with E-state index in [4.69, 9.17) is 23.2 Å². The molecule has 0 aliphatic heterocycles. The minimum Gasteiger partial charge on any atom is -0.338 e. The van der Waals surface area contributed by atoms with Crippen molar-refractivity contribution in [2.24, 2.45) is 0 Å². The Kier molecular flexibility index (Phi) is 8.24. The highest BCUT2D eigenvalue weighted by molar-refractivity contribution is 6.42. The summed E-state index contributed by atoms with van der Waals surface area (Å²) < 4.78 is 0. The standard InChI is InChI=1S/C15H21Cl2N3O2/c1-3-4-7-18-15(22)19-14(21)10-20(2)9-11-5-6-12(16)13(17)8-11/h5-6,8H,3-4,7,9-10H2,1-2H3,(H2,18,19,21,22)/p+1. The Hall–Kier alpha value is -1.30. The zero-order valence-corrected chi connectivity index (χ0v) is 14.4. The number of carbonyl (C=O) groups excluding carboxylic acids is 2. The molecule has 0 aliphatic carbocycles. The largest absolute Gasteiger partial charge is 0.338 e. The fourth-order valence-electron chi connectivity index (χ4n) is 1.93. The van der Waals surface area contributed by atoms with Gasteiger partial charge in [-0.1, -0.05) is 42.6 Å². The van der Waals surface area contributed by atoms with Gasteiger partial charge in [0.2, 0.25) is 0 Å². The first-order valence-corrected chi connectivity index (χ1v) is 8.01. The molecule has 1 unspecified atom stereocenters. The van der Waals surface area contributed by atoms with Crippen LogP contribution >= 0.6 is 23.2 Å².